The van der Waals surface area contributed by atoms with E-state index < -0.39 is 0 Å². The van der Waals surface area contributed by atoms with Crippen molar-refractivity contribution < 1.29 is 9.84 Å². The number of benzene rings is 2. The van der Waals surface area contributed by atoms with Gasteiger partial charge >= 0.3 is 0 Å². The first-order chi connectivity index (χ1) is 10.2. The highest BCUT2D eigenvalue weighted by molar-refractivity contribution is 5.29. The van der Waals surface area contributed by atoms with Gasteiger partial charge in [-0.2, -0.15) is 0 Å². The highest BCUT2D eigenvalue weighted by Gasteiger charge is 2.09. The summed E-state index contributed by atoms with van der Waals surface area (Å²) in [6.45, 7) is 4.80. The van der Waals surface area contributed by atoms with Crippen molar-refractivity contribution in [2.24, 2.45) is 0 Å². The zero-order valence-electron chi connectivity index (χ0n) is 12.6. The summed E-state index contributed by atoms with van der Waals surface area (Å²) in [4.78, 5) is 0. The third-order valence-electron chi connectivity index (χ3n) is 3.21. The fourth-order valence-electron chi connectivity index (χ4n) is 2.22. The van der Waals surface area contributed by atoms with Crippen LogP contribution in [0.3, 0.4) is 0 Å². The fourth-order valence-corrected chi connectivity index (χ4v) is 2.22. The highest BCUT2D eigenvalue weighted by atomic mass is 16.5. The number of nitrogens with one attached hydrogen (secondary N) is 1. The van der Waals surface area contributed by atoms with Gasteiger partial charge in [-0.05, 0) is 37.1 Å². The second-order valence-corrected chi connectivity index (χ2v) is 5.34. The molecule has 0 aliphatic heterocycles. The van der Waals surface area contributed by atoms with Gasteiger partial charge in [0.1, 0.15) is 5.75 Å². The minimum atomic E-state index is -0.0547. The van der Waals surface area contributed by atoms with Crippen LogP contribution in [0.15, 0.2) is 54.6 Å². The van der Waals surface area contributed by atoms with E-state index in [9.17, 15) is 5.11 Å². The molecular formula is C18H23NO2. The monoisotopic (exact) mass is 285 g/mol. The fraction of sp³-hybridized carbons (Fsp3) is 0.333. The Labute approximate surface area is 126 Å². The SMILES string of the molecule is CC(C)Oc1cccc(CN[C@@H](CO)c2ccccc2)c1. The number of hydrogen-bond acceptors (Lipinski definition) is 3. The number of aliphatic hydroxyl groups is 1. The van der Waals surface area contributed by atoms with Gasteiger partial charge < -0.3 is 15.2 Å². The van der Waals surface area contributed by atoms with Gasteiger partial charge in [-0.25, -0.2) is 0 Å². The molecule has 0 aromatic heterocycles. The molecule has 0 aliphatic rings. The standard InChI is InChI=1S/C18H23NO2/c1-14(2)21-17-10-6-7-15(11-17)12-19-18(13-20)16-8-4-3-5-9-16/h3-11,14,18-20H,12-13H2,1-2H3/t18-/m0/s1. The summed E-state index contributed by atoms with van der Waals surface area (Å²) in [7, 11) is 0. The molecule has 0 heterocycles. The van der Waals surface area contributed by atoms with Crippen LogP contribution in [0, 0.1) is 0 Å². The van der Waals surface area contributed by atoms with Crippen molar-refractivity contribution in [3.05, 3.63) is 65.7 Å². The molecule has 0 spiro atoms. The maximum Gasteiger partial charge on any atom is 0.120 e. The molecule has 0 radical (unpaired) electrons. The van der Waals surface area contributed by atoms with Gasteiger partial charge in [-0.15, -0.1) is 0 Å². The van der Waals surface area contributed by atoms with Gasteiger partial charge in [-0.3, -0.25) is 0 Å². The molecule has 112 valence electrons. The number of aliphatic hydroxyl groups excluding tert-OH is 1. The van der Waals surface area contributed by atoms with E-state index in [4.69, 9.17) is 4.74 Å². The second kappa shape index (κ2) is 7.81. The van der Waals surface area contributed by atoms with E-state index in [1.807, 2.05) is 62.4 Å². The van der Waals surface area contributed by atoms with E-state index >= 15 is 0 Å². The first kappa shape index (κ1) is 15.5. The van der Waals surface area contributed by atoms with Crippen LogP contribution in [-0.2, 0) is 6.54 Å². The molecule has 3 heteroatoms. The summed E-state index contributed by atoms with van der Waals surface area (Å²) >= 11 is 0. The Morgan fingerprint density at radius 1 is 1.05 bits per heavy atom. The van der Waals surface area contributed by atoms with E-state index in [-0.39, 0.29) is 18.8 Å². The molecule has 0 unspecified atom stereocenters. The van der Waals surface area contributed by atoms with Crippen LogP contribution in [0.1, 0.15) is 31.0 Å². The van der Waals surface area contributed by atoms with Crippen molar-refractivity contribution in [1.29, 1.82) is 0 Å². The average molecular weight is 285 g/mol. The molecule has 0 aliphatic carbocycles. The molecule has 2 aromatic carbocycles. The van der Waals surface area contributed by atoms with Gasteiger partial charge in [0, 0.05) is 6.54 Å². The Kier molecular flexibility index (Phi) is 5.78. The number of hydrogen-bond donors (Lipinski definition) is 2. The lowest BCUT2D eigenvalue weighted by molar-refractivity contribution is 0.240. The van der Waals surface area contributed by atoms with E-state index in [2.05, 4.69) is 11.4 Å². The molecule has 2 rings (SSSR count). The normalized spacial score (nSPS) is 12.4. The average Bonchev–Trinajstić information content (AvgIpc) is 2.49. The largest absolute Gasteiger partial charge is 0.491 e. The lowest BCUT2D eigenvalue weighted by Crippen LogP contribution is -2.23. The molecule has 0 bridgehead atoms. The Morgan fingerprint density at radius 2 is 1.81 bits per heavy atom. The van der Waals surface area contributed by atoms with E-state index in [1.165, 1.54) is 0 Å². The van der Waals surface area contributed by atoms with Crippen molar-refractivity contribution in [3.63, 3.8) is 0 Å². The maximum atomic E-state index is 9.54. The zero-order chi connectivity index (χ0) is 15.1. The van der Waals surface area contributed by atoms with Crippen molar-refractivity contribution in [2.75, 3.05) is 6.61 Å². The van der Waals surface area contributed by atoms with Gasteiger partial charge in [-0.1, -0.05) is 42.5 Å². The molecule has 0 saturated carbocycles. The maximum absolute atomic E-state index is 9.54. The molecule has 1 atom stereocenters. The Bertz CT molecular complexity index is 540. The smallest absolute Gasteiger partial charge is 0.120 e. The lowest BCUT2D eigenvalue weighted by Gasteiger charge is -2.17. The van der Waals surface area contributed by atoms with E-state index in [0.29, 0.717) is 6.54 Å². The molecule has 2 aromatic rings. The summed E-state index contributed by atoms with van der Waals surface area (Å²) in [6, 6.07) is 18.0. The minimum absolute atomic E-state index is 0.0547. The molecule has 0 amide bonds. The first-order valence-electron chi connectivity index (χ1n) is 7.34. The van der Waals surface area contributed by atoms with Crippen LogP contribution in [0.25, 0.3) is 0 Å². The van der Waals surface area contributed by atoms with Crippen LogP contribution in [0.2, 0.25) is 0 Å². The number of rotatable bonds is 7. The molecule has 2 N–H and O–H groups in total. The molecule has 0 fully saturated rings. The third kappa shape index (κ3) is 4.88. The Hall–Kier alpha value is -1.84. The van der Waals surface area contributed by atoms with Crippen molar-refractivity contribution in [1.82, 2.24) is 5.32 Å². The van der Waals surface area contributed by atoms with Crippen molar-refractivity contribution in [3.8, 4) is 5.75 Å². The van der Waals surface area contributed by atoms with Crippen LogP contribution in [0.5, 0.6) is 5.75 Å². The van der Waals surface area contributed by atoms with E-state index in [0.717, 1.165) is 16.9 Å². The summed E-state index contributed by atoms with van der Waals surface area (Å²) in [5.41, 5.74) is 2.23. The molecule has 3 nitrogen and oxygen atoms in total. The summed E-state index contributed by atoms with van der Waals surface area (Å²) in [6.07, 6.45) is 0.169. The summed E-state index contributed by atoms with van der Waals surface area (Å²) in [5.74, 6) is 0.879. The van der Waals surface area contributed by atoms with Crippen LogP contribution in [0.4, 0.5) is 0 Å². The quantitative estimate of drug-likeness (QED) is 0.820. The van der Waals surface area contributed by atoms with E-state index in [1.54, 1.807) is 0 Å². The van der Waals surface area contributed by atoms with Gasteiger partial charge in [0.25, 0.3) is 0 Å². The van der Waals surface area contributed by atoms with Crippen LogP contribution >= 0.6 is 0 Å². The number of ether oxygens (including phenoxy) is 1. The Morgan fingerprint density at radius 3 is 2.48 bits per heavy atom. The predicted octanol–water partition coefficient (Wildman–Crippen LogP) is 3.30. The predicted molar refractivity (Wildman–Crippen MR) is 85.3 cm³/mol. The molecular weight excluding hydrogens is 262 g/mol. The third-order valence-corrected chi connectivity index (χ3v) is 3.21. The Balaban J connectivity index is 1.98. The highest BCUT2D eigenvalue weighted by Crippen LogP contribution is 2.17. The van der Waals surface area contributed by atoms with Crippen LogP contribution < -0.4 is 10.1 Å². The van der Waals surface area contributed by atoms with Crippen LogP contribution in [-0.4, -0.2) is 17.8 Å². The lowest BCUT2D eigenvalue weighted by atomic mass is 10.1. The van der Waals surface area contributed by atoms with Crippen molar-refractivity contribution in [2.45, 2.75) is 32.5 Å². The van der Waals surface area contributed by atoms with Crippen molar-refractivity contribution >= 4 is 0 Å². The van der Waals surface area contributed by atoms with Gasteiger partial charge in [0.05, 0.1) is 18.8 Å². The first-order valence-corrected chi connectivity index (χ1v) is 7.34. The topological polar surface area (TPSA) is 41.5 Å². The molecule has 21 heavy (non-hydrogen) atoms. The molecule has 0 saturated heterocycles. The second-order valence-electron chi connectivity index (χ2n) is 5.34. The summed E-state index contributed by atoms with van der Waals surface area (Å²) < 4.78 is 5.70. The van der Waals surface area contributed by atoms with Gasteiger partial charge in [0.15, 0.2) is 0 Å². The zero-order valence-corrected chi connectivity index (χ0v) is 12.6. The van der Waals surface area contributed by atoms with Gasteiger partial charge in [0.2, 0.25) is 0 Å². The summed E-state index contributed by atoms with van der Waals surface area (Å²) in [5, 5.41) is 12.9. The minimum Gasteiger partial charge on any atom is -0.491 e.